The smallest absolute Gasteiger partial charge is 0.417 e. The topological polar surface area (TPSA) is 75.6 Å². The molecule has 0 aliphatic carbocycles. The molecule has 3 heterocycles. The molecule has 0 N–H and O–H groups in total. The van der Waals surface area contributed by atoms with Crippen molar-refractivity contribution < 1.29 is 27.5 Å². The summed E-state index contributed by atoms with van der Waals surface area (Å²) in [6, 6.07) is 17.1. The molecule has 5 rings (SSSR count). The highest BCUT2D eigenvalue weighted by Crippen LogP contribution is 2.32. The Bertz CT molecular complexity index is 1490. The minimum atomic E-state index is -4.52. The van der Waals surface area contributed by atoms with Crippen LogP contribution in [0.4, 0.5) is 13.2 Å². The average molecular weight is 521 g/mol. The van der Waals surface area contributed by atoms with Crippen molar-refractivity contribution in [3.05, 3.63) is 89.9 Å². The number of carbonyl (C=O) groups is 2. The number of rotatable bonds is 4. The van der Waals surface area contributed by atoms with Gasteiger partial charge in [0.25, 0.3) is 11.8 Å². The number of nitrogens with zero attached hydrogens (tertiary/aromatic N) is 4. The van der Waals surface area contributed by atoms with Gasteiger partial charge in [0.15, 0.2) is 0 Å². The molecule has 1 fully saturated rings. The Kier molecular flexibility index (Phi) is 6.71. The Balaban J connectivity index is 1.29. The van der Waals surface area contributed by atoms with Crippen LogP contribution >= 0.6 is 0 Å². The maximum Gasteiger partial charge on any atom is 0.417 e. The van der Waals surface area contributed by atoms with Gasteiger partial charge in [-0.3, -0.25) is 19.6 Å². The highest BCUT2D eigenvalue weighted by molar-refractivity contribution is 5.99. The highest BCUT2D eigenvalue weighted by Gasteiger charge is 2.32. The van der Waals surface area contributed by atoms with Gasteiger partial charge in [-0.25, -0.2) is 0 Å². The number of fused-ring (bicyclic) bond motifs is 1. The number of amides is 2. The normalized spacial score (nSPS) is 14.0. The fraction of sp³-hybridized carbons (Fsp3) is 0.214. The molecule has 194 valence electrons. The van der Waals surface area contributed by atoms with Gasteiger partial charge in [0.2, 0.25) is 0 Å². The van der Waals surface area contributed by atoms with Crippen LogP contribution in [0.1, 0.15) is 26.4 Å². The van der Waals surface area contributed by atoms with E-state index in [4.69, 9.17) is 4.74 Å². The Labute approximate surface area is 216 Å². The van der Waals surface area contributed by atoms with Crippen LogP contribution in [0.15, 0.2) is 73.1 Å². The predicted octanol–water partition coefficient (Wildman–Crippen LogP) is 4.92. The van der Waals surface area contributed by atoms with Gasteiger partial charge >= 0.3 is 6.18 Å². The zero-order valence-electron chi connectivity index (χ0n) is 20.4. The summed E-state index contributed by atoms with van der Waals surface area (Å²) >= 11 is 0. The summed E-state index contributed by atoms with van der Waals surface area (Å²) in [7, 11) is 1.50. The standard InChI is InChI=1S/C28H23F3N4O3/c1-38-24-16-19(21-6-2-4-18-5-3-11-32-25(18)21)7-9-22(24)26(36)34-12-14-35(15-13-34)27(37)23-10-8-20(17-33-23)28(29,30)31/h2-11,16-17H,12-15H2,1H3. The summed E-state index contributed by atoms with van der Waals surface area (Å²) in [6.45, 7) is 0.997. The lowest BCUT2D eigenvalue weighted by molar-refractivity contribution is -0.137. The molecule has 10 heteroatoms. The number of halogens is 3. The van der Waals surface area contributed by atoms with Crippen molar-refractivity contribution in [1.82, 2.24) is 19.8 Å². The Morgan fingerprint density at radius 1 is 0.868 bits per heavy atom. The predicted molar refractivity (Wildman–Crippen MR) is 135 cm³/mol. The lowest BCUT2D eigenvalue weighted by Gasteiger charge is -2.34. The first-order valence-electron chi connectivity index (χ1n) is 11.9. The number of aromatic nitrogens is 2. The van der Waals surface area contributed by atoms with Gasteiger partial charge < -0.3 is 14.5 Å². The van der Waals surface area contributed by atoms with Crippen LogP contribution in [0.5, 0.6) is 5.75 Å². The van der Waals surface area contributed by atoms with Crippen molar-refractivity contribution in [3.8, 4) is 16.9 Å². The maximum atomic E-state index is 13.3. The van der Waals surface area contributed by atoms with E-state index >= 15 is 0 Å². The molecule has 2 aromatic heterocycles. The van der Waals surface area contributed by atoms with Crippen molar-refractivity contribution in [2.45, 2.75) is 6.18 Å². The second-order valence-electron chi connectivity index (χ2n) is 8.81. The largest absolute Gasteiger partial charge is 0.496 e. The first-order valence-corrected chi connectivity index (χ1v) is 11.9. The number of hydrogen-bond acceptors (Lipinski definition) is 5. The van der Waals surface area contributed by atoms with Crippen molar-refractivity contribution in [3.63, 3.8) is 0 Å². The zero-order chi connectivity index (χ0) is 26.9. The van der Waals surface area contributed by atoms with Crippen LogP contribution < -0.4 is 4.74 Å². The molecule has 0 unspecified atom stereocenters. The Hall–Kier alpha value is -4.47. The van der Waals surface area contributed by atoms with E-state index in [-0.39, 0.29) is 37.8 Å². The second kappa shape index (κ2) is 10.1. The van der Waals surface area contributed by atoms with Gasteiger partial charge in [-0.15, -0.1) is 0 Å². The zero-order valence-corrected chi connectivity index (χ0v) is 20.4. The van der Waals surface area contributed by atoms with E-state index in [0.717, 1.165) is 34.2 Å². The molecule has 7 nitrogen and oxygen atoms in total. The van der Waals surface area contributed by atoms with Crippen LogP contribution in [0.3, 0.4) is 0 Å². The third-order valence-electron chi connectivity index (χ3n) is 6.54. The van der Waals surface area contributed by atoms with Crippen LogP contribution in [-0.4, -0.2) is 64.9 Å². The van der Waals surface area contributed by atoms with E-state index in [9.17, 15) is 22.8 Å². The molecule has 0 radical (unpaired) electrons. The van der Waals surface area contributed by atoms with E-state index in [2.05, 4.69) is 9.97 Å². The van der Waals surface area contributed by atoms with Crippen molar-refractivity contribution in [1.29, 1.82) is 0 Å². The Morgan fingerprint density at radius 2 is 1.58 bits per heavy atom. The summed E-state index contributed by atoms with van der Waals surface area (Å²) in [4.78, 5) is 37.3. The minimum Gasteiger partial charge on any atom is -0.496 e. The molecule has 1 aliphatic rings. The van der Waals surface area contributed by atoms with Crippen LogP contribution in [-0.2, 0) is 6.18 Å². The van der Waals surface area contributed by atoms with E-state index in [0.29, 0.717) is 17.5 Å². The van der Waals surface area contributed by atoms with E-state index in [1.807, 2.05) is 42.5 Å². The summed E-state index contributed by atoms with van der Waals surface area (Å²) in [5, 5.41) is 1.00. The fourth-order valence-corrected chi connectivity index (χ4v) is 4.51. The first-order chi connectivity index (χ1) is 18.3. The lowest BCUT2D eigenvalue weighted by atomic mass is 9.99. The molecule has 0 spiro atoms. The van der Waals surface area contributed by atoms with Crippen LogP contribution in [0.25, 0.3) is 22.0 Å². The minimum absolute atomic E-state index is 0.0713. The molecule has 0 saturated carbocycles. The molecule has 4 aromatic rings. The summed E-state index contributed by atoms with van der Waals surface area (Å²) < 4.78 is 43.9. The second-order valence-corrected chi connectivity index (χ2v) is 8.81. The number of carbonyl (C=O) groups excluding carboxylic acids is 2. The molecule has 1 saturated heterocycles. The fourth-order valence-electron chi connectivity index (χ4n) is 4.51. The number of para-hydroxylation sites is 1. The quantitative estimate of drug-likeness (QED) is 0.382. The number of methoxy groups -OCH3 is 1. The van der Waals surface area contributed by atoms with Gasteiger partial charge in [0, 0.05) is 49.5 Å². The lowest BCUT2D eigenvalue weighted by Crippen LogP contribution is -2.50. The average Bonchev–Trinajstić information content (AvgIpc) is 2.95. The number of benzene rings is 2. The van der Waals surface area contributed by atoms with Gasteiger partial charge in [0.05, 0.1) is 23.8 Å². The van der Waals surface area contributed by atoms with Gasteiger partial charge in [-0.05, 0) is 35.9 Å². The number of alkyl halides is 3. The maximum absolute atomic E-state index is 13.3. The molecule has 2 amide bonds. The molecular weight excluding hydrogens is 497 g/mol. The molecule has 0 atom stereocenters. The number of ether oxygens (including phenoxy) is 1. The summed E-state index contributed by atoms with van der Waals surface area (Å²) in [6.07, 6.45) is -2.14. The molecule has 38 heavy (non-hydrogen) atoms. The van der Waals surface area contributed by atoms with Crippen molar-refractivity contribution >= 4 is 22.7 Å². The SMILES string of the molecule is COc1cc(-c2cccc3cccnc23)ccc1C(=O)N1CCN(C(=O)c2ccc(C(F)(F)F)cn2)CC1. The third-order valence-corrected chi connectivity index (χ3v) is 6.54. The summed E-state index contributed by atoms with van der Waals surface area (Å²) in [5.74, 6) is -0.284. The number of piperazine rings is 1. The molecule has 2 aromatic carbocycles. The number of pyridine rings is 2. The van der Waals surface area contributed by atoms with Crippen molar-refractivity contribution in [2.24, 2.45) is 0 Å². The Morgan fingerprint density at radius 3 is 2.24 bits per heavy atom. The third kappa shape index (κ3) is 4.89. The van der Waals surface area contributed by atoms with Crippen LogP contribution in [0.2, 0.25) is 0 Å². The van der Waals surface area contributed by atoms with Crippen molar-refractivity contribution in [2.75, 3.05) is 33.3 Å². The highest BCUT2D eigenvalue weighted by atomic mass is 19.4. The molecule has 1 aliphatic heterocycles. The first kappa shape index (κ1) is 25.2. The molecular formula is C28H23F3N4O3. The van der Waals surface area contributed by atoms with Crippen LogP contribution in [0, 0.1) is 0 Å². The van der Waals surface area contributed by atoms with E-state index in [1.165, 1.54) is 12.0 Å². The van der Waals surface area contributed by atoms with Gasteiger partial charge in [-0.2, -0.15) is 13.2 Å². The molecule has 0 bridgehead atoms. The monoisotopic (exact) mass is 520 g/mol. The van der Waals surface area contributed by atoms with Gasteiger partial charge in [0.1, 0.15) is 11.4 Å². The number of hydrogen-bond donors (Lipinski definition) is 0. The van der Waals surface area contributed by atoms with E-state index < -0.39 is 17.6 Å². The van der Waals surface area contributed by atoms with Gasteiger partial charge in [-0.1, -0.05) is 30.3 Å². The summed E-state index contributed by atoms with van der Waals surface area (Å²) in [5.41, 5.74) is 2.04. The van der Waals surface area contributed by atoms with E-state index in [1.54, 1.807) is 17.2 Å².